The van der Waals surface area contributed by atoms with Crippen molar-refractivity contribution in [3.8, 4) is 5.75 Å². The second-order valence-corrected chi connectivity index (χ2v) is 4.54. The van der Waals surface area contributed by atoms with Crippen LogP contribution in [0.25, 0.3) is 0 Å². The molecule has 0 unspecified atom stereocenters. The van der Waals surface area contributed by atoms with Gasteiger partial charge in [0.15, 0.2) is 0 Å². The molecule has 100 valence electrons. The van der Waals surface area contributed by atoms with Crippen molar-refractivity contribution < 1.29 is 4.74 Å². The van der Waals surface area contributed by atoms with E-state index in [4.69, 9.17) is 4.74 Å². The third-order valence-corrected chi connectivity index (χ3v) is 3.05. The molecule has 1 aromatic heterocycles. The number of pyridine rings is 1. The van der Waals surface area contributed by atoms with Gasteiger partial charge in [-0.25, -0.2) is 0 Å². The summed E-state index contributed by atoms with van der Waals surface area (Å²) < 4.78 is 5.25. The molecule has 0 saturated heterocycles. The van der Waals surface area contributed by atoms with Crippen LogP contribution < -0.4 is 10.1 Å². The largest absolute Gasteiger partial charge is 0.497 e. The second-order valence-electron chi connectivity index (χ2n) is 4.54. The normalized spacial score (nSPS) is 10.3. The smallest absolute Gasteiger partial charge is 0.122 e. The fourth-order valence-corrected chi connectivity index (χ4v) is 1.96. The Hall–Kier alpha value is -2.03. The zero-order valence-electron chi connectivity index (χ0n) is 11.7. The molecule has 0 saturated carbocycles. The van der Waals surface area contributed by atoms with E-state index in [1.54, 1.807) is 7.11 Å². The maximum atomic E-state index is 5.25. The third kappa shape index (κ3) is 3.71. The summed E-state index contributed by atoms with van der Waals surface area (Å²) in [6, 6.07) is 12.4. The molecule has 0 spiro atoms. The number of anilines is 1. The molecule has 2 rings (SSSR count). The van der Waals surface area contributed by atoms with Crippen LogP contribution in [-0.4, -0.2) is 12.1 Å². The molecule has 19 heavy (non-hydrogen) atoms. The van der Waals surface area contributed by atoms with Crippen LogP contribution >= 0.6 is 0 Å². The standard InChI is InChI=1S/C16H20N2O/c1-4-13-5-7-14(8-6-13)17-11-15-10-16(19-3)9-12(2)18-15/h5-10,17H,4,11H2,1-3H3. The molecule has 3 heteroatoms. The van der Waals surface area contributed by atoms with Gasteiger partial charge in [0.05, 0.1) is 19.3 Å². The first kappa shape index (κ1) is 13.4. The first-order valence-electron chi connectivity index (χ1n) is 6.55. The SMILES string of the molecule is CCc1ccc(NCc2cc(OC)cc(C)n2)cc1. The number of benzene rings is 1. The van der Waals surface area contributed by atoms with Crippen LogP contribution in [0.4, 0.5) is 5.69 Å². The molecule has 1 heterocycles. The van der Waals surface area contributed by atoms with Crippen molar-refractivity contribution in [1.82, 2.24) is 4.98 Å². The number of hydrogen-bond donors (Lipinski definition) is 1. The number of aryl methyl sites for hydroxylation is 2. The lowest BCUT2D eigenvalue weighted by Gasteiger charge is -2.09. The van der Waals surface area contributed by atoms with Gasteiger partial charge in [-0.15, -0.1) is 0 Å². The third-order valence-electron chi connectivity index (χ3n) is 3.05. The zero-order valence-corrected chi connectivity index (χ0v) is 11.7. The van der Waals surface area contributed by atoms with Crippen molar-refractivity contribution in [2.24, 2.45) is 0 Å². The summed E-state index contributed by atoms with van der Waals surface area (Å²) in [5.74, 6) is 0.852. The predicted octanol–water partition coefficient (Wildman–Crippen LogP) is 3.57. The molecule has 0 aliphatic carbocycles. The van der Waals surface area contributed by atoms with E-state index in [-0.39, 0.29) is 0 Å². The van der Waals surface area contributed by atoms with Crippen LogP contribution in [0, 0.1) is 6.92 Å². The van der Waals surface area contributed by atoms with Gasteiger partial charge in [-0.1, -0.05) is 19.1 Å². The maximum absolute atomic E-state index is 5.25. The fraction of sp³-hybridized carbons (Fsp3) is 0.312. The number of nitrogens with one attached hydrogen (secondary N) is 1. The summed E-state index contributed by atoms with van der Waals surface area (Å²) in [5, 5.41) is 3.37. The Morgan fingerprint density at radius 3 is 2.53 bits per heavy atom. The van der Waals surface area contributed by atoms with Crippen molar-refractivity contribution in [1.29, 1.82) is 0 Å². The minimum atomic E-state index is 0.698. The topological polar surface area (TPSA) is 34.1 Å². The second kappa shape index (κ2) is 6.23. The van der Waals surface area contributed by atoms with E-state index in [2.05, 4.69) is 41.5 Å². The molecule has 2 aromatic rings. The summed E-state index contributed by atoms with van der Waals surface area (Å²) in [6.45, 7) is 4.83. The van der Waals surface area contributed by atoms with Gasteiger partial charge in [-0.3, -0.25) is 4.98 Å². The van der Waals surface area contributed by atoms with Gasteiger partial charge in [0.2, 0.25) is 0 Å². The Morgan fingerprint density at radius 1 is 1.16 bits per heavy atom. The van der Waals surface area contributed by atoms with Crippen molar-refractivity contribution in [3.05, 3.63) is 53.3 Å². The number of rotatable bonds is 5. The molecule has 0 radical (unpaired) electrons. The molecular weight excluding hydrogens is 236 g/mol. The lowest BCUT2D eigenvalue weighted by Crippen LogP contribution is -2.03. The monoisotopic (exact) mass is 256 g/mol. The summed E-state index contributed by atoms with van der Waals surface area (Å²) in [4.78, 5) is 4.49. The molecule has 0 bridgehead atoms. The van der Waals surface area contributed by atoms with Crippen molar-refractivity contribution in [2.75, 3.05) is 12.4 Å². The highest BCUT2D eigenvalue weighted by Crippen LogP contribution is 2.15. The van der Waals surface area contributed by atoms with Crippen molar-refractivity contribution in [2.45, 2.75) is 26.8 Å². The molecular formula is C16H20N2O. The van der Waals surface area contributed by atoms with Crippen LogP contribution in [0.2, 0.25) is 0 Å². The Morgan fingerprint density at radius 2 is 1.89 bits per heavy atom. The van der Waals surface area contributed by atoms with Gasteiger partial charge >= 0.3 is 0 Å². The van der Waals surface area contributed by atoms with Crippen molar-refractivity contribution >= 4 is 5.69 Å². The van der Waals surface area contributed by atoms with E-state index in [9.17, 15) is 0 Å². The lowest BCUT2D eigenvalue weighted by molar-refractivity contribution is 0.413. The highest BCUT2D eigenvalue weighted by molar-refractivity contribution is 5.45. The number of methoxy groups -OCH3 is 1. The van der Waals surface area contributed by atoms with Gasteiger partial charge in [-0.2, -0.15) is 0 Å². The highest BCUT2D eigenvalue weighted by Gasteiger charge is 2.01. The molecule has 0 amide bonds. The average molecular weight is 256 g/mol. The fourth-order valence-electron chi connectivity index (χ4n) is 1.96. The summed E-state index contributed by atoms with van der Waals surface area (Å²) in [5.41, 5.74) is 4.41. The quantitative estimate of drug-likeness (QED) is 0.888. The minimum Gasteiger partial charge on any atom is -0.497 e. The molecule has 3 nitrogen and oxygen atoms in total. The van der Waals surface area contributed by atoms with Crippen LogP contribution in [0.5, 0.6) is 5.75 Å². The summed E-state index contributed by atoms with van der Waals surface area (Å²) >= 11 is 0. The van der Waals surface area contributed by atoms with E-state index in [0.29, 0.717) is 6.54 Å². The molecule has 0 fully saturated rings. The van der Waals surface area contributed by atoms with Gasteiger partial charge in [0.25, 0.3) is 0 Å². The number of nitrogens with zero attached hydrogens (tertiary/aromatic N) is 1. The molecule has 0 atom stereocenters. The number of ether oxygens (including phenoxy) is 1. The Kier molecular flexibility index (Phi) is 4.39. The molecule has 0 aliphatic heterocycles. The first-order chi connectivity index (χ1) is 9.21. The van der Waals surface area contributed by atoms with E-state index in [1.807, 2.05) is 19.1 Å². The Balaban J connectivity index is 2.03. The highest BCUT2D eigenvalue weighted by atomic mass is 16.5. The Labute approximate surface area is 114 Å². The van der Waals surface area contributed by atoms with Crippen molar-refractivity contribution in [3.63, 3.8) is 0 Å². The van der Waals surface area contributed by atoms with Gasteiger partial charge in [0, 0.05) is 23.5 Å². The molecule has 1 N–H and O–H groups in total. The van der Waals surface area contributed by atoms with E-state index in [0.717, 1.165) is 29.2 Å². The van der Waals surface area contributed by atoms with E-state index in [1.165, 1.54) is 5.56 Å². The first-order valence-corrected chi connectivity index (χ1v) is 6.55. The summed E-state index contributed by atoms with van der Waals surface area (Å²) in [6.07, 6.45) is 1.07. The predicted molar refractivity (Wildman–Crippen MR) is 78.7 cm³/mol. The minimum absolute atomic E-state index is 0.698. The maximum Gasteiger partial charge on any atom is 0.122 e. The van der Waals surface area contributed by atoms with Gasteiger partial charge in [0.1, 0.15) is 5.75 Å². The number of hydrogen-bond acceptors (Lipinski definition) is 3. The Bertz CT molecular complexity index is 535. The number of aromatic nitrogens is 1. The van der Waals surface area contributed by atoms with Crippen LogP contribution in [-0.2, 0) is 13.0 Å². The summed E-state index contributed by atoms with van der Waals surface area (Å²) in [7, 11) is 1.68. The van der Waals surface area contributed by atoms with Crippen LogP contribution in [0.1, 0.15) is 23.9 Å². The van der Waals surface area contributed by atoms with Gasteiger partial charge < -0.3 is 10.1 Å². The van der Waals surface area contributed by atoms with Crippen LogP contribution in [0.3, 0.4) is 0 Å². The zero-order chi connectivity index (χ0) is 13.7. The van der Waals surface area contributed by atoms with E-state index >= 15 is 0 Å². The van der Waals surface area contributed by atoms with Crippen LogP contribution in [0.15, 0.2) is 36.4 Å². The molecule has 1 aromatic carbocycles. The average Bonchev–Trinajstić information content (AvgIpc) is 2.45. The van der Waals surface area contributed by atoms with Gasteiger partial charge in [-0.05, 0) is 31.0 Å². The lowest BCUT2D eigenvalue weighted by atomic mass is 10.1. The molecule has 0 aliphatic rings. The van der Waals surface area contributed by atoms with E-state index < -0.39 is 0 Å².